The maximum absolute atomic E-state index is 10.6. The Kier molecular flexibility index (Phi) is 8.30. The molecule has 1 rings (SSSR count). The highest BCUT2D eigenvalue weighted by molar-refractivity contribution is 5.56. The quantitative estimate of drug-likeness (QED) is 0.259. The van der Waals surface area contributed by atoms with Crippen LogP contribution in [0.2, 0.25) is 0 Å². The van der Waals surface area contributed by atoms with Crippen molar-refractivity contribution in [3.05, 3.63) is 17.2 Å². The normalized spacial score (nSPS) is 12.5. The second-order valence-corrected chi connectivity index (χ2v) is 10.1. The molecule has 0 unspecified atom stereocenters. The molecular formula is C23H40O3. The third kappa shape index (κ3) is 8.33. The summed E-state index contributed by atoms with van der Waals surface area (Å²) in [5, 5.41) is 30.8. The first-order valence-electron chi connectivity index (χ1n) is 10.2. The van der Waals surface area contributed by atoms with E-state index in [-0.39, 0.29) is 17.2 Å². The molecule has 3 nitrogen and oxygen atoms in total. The summed E-state index contributed by atoms with van der Waals surface area (Å²) in [5.41, 5.74) is 1.91. The van der Waals surface area contributed by atoms with Gasteiger partial charge < -0.3 is 15.3 Å². The Hall–Kier alpha value is -1.38. The number of phenols is 3. The van der Waals surface area contributed by atoms with Gasteiger partial charge in [-0.05, 0) is 61.0 Å². The predicted octanol–water partition coefficient (Wildman–Crippen LogP) is 6.71. The number of phenolic OH excluding ortho intramolecular Hbond substituents is 3. The molecule has 0 amide bonds. The highest BCUT2D eigenvalue weighted by Crippen LogP contribution is 2.40. The summed E-state index contributed by atoms with van der Waals surface area (Å²) >= 11 is 0. The van der Waals surface area contributed by atoms with Crippen molar-refractivity contribution in [2.24, 2.45) is 10.8 Å². The first kappa shape index (κ1) is 22.7. The molecule has 0 spiro atoms. The van der Waals surface area contributed by atoms with E-state index >= 15 is 0 Å². The molecule has 0 saturated carbocycles. The Bertz CT molecular complexity index is 562. The van der Waals surface area contributed by atoms with Gasteiger partial charge in [-0.2, -0.15) is 0 Å². The number of aryl methyl sites for hydroxylation is 1. The van der Waals surface area contributed by atoms with Crippen molar-refractivity contribution in [2.45, 2.75) is 99.3 Å². The van der Waals surface area contributed by atoms with Crippen LogP contribution in [0, 0.1) is 10.8 Å². The summed E-state index contributed by atoms with van der Waals surface area (Å²) in [5.74, 6) is -0.0973. The van der Waals surface area contributed by atoms with Gasteiger partial charge in [-0.1, -0.05) is 60.8 Å². The highest BCUT2D eigenvalue weighted by atomic mass is 16.3. The Balaban J connectivity index is 2.63. The van der Waals surface area contributed by atoms with Crippen LogP contribution >= 0.6 is 0 Å². The van der Waals surface area contributed by atoms with Crippen LogP contribution in [0.25, 0.3) is 0 Å². The lowest BCUT2D eigenvalue weighted by molar-refractivity contribution is 0.355. The molecule has 3 N–H and O–H groups in total. The SMILES string of the molecule is CC(C)(C)CCCCCc1cc(O)c(O)c(CCCCC(C)(C)C)c1O. The molecule has 3 heteroatoms. The molecular weight excluding hydrogens is 324 g/mol. The summed E-state index contributed by atoms with van der Waals surface area (Å²) in [6.07, 6.45) is 8.84. The standard InChI is InChI=1S/C23H40O3/c1-22(2,3)14-10-7-8-12-17-16-19(24)21(26)18(20(17)25)13-9-11-15-23(4,5)6/h16,24-26H,7-15H2,1-6H3. The summed E-state index contributed by atoms with van der Waals surface area (Å²) < 4.78 is 0. The van der Waals surface area contributed by atoms with Crippen LogP contribution < -0.4 is 0 Å². The van der Waals surface area contributed by atoms with Crippen LogP contribution in [0.1, 0.15) is 97.6 Å². The number of hydrogen-bond donors (Lipinski definition) is 3. The molecule has 0 bridgehead atoms. The van der Waals surface area contributed by atoms with Crippen LogP contribution in [-0.4, -0.2) is 15.3 Å². The summed E-state index contributed by atoms with van der Waals surface area (Å²) in [6, 6.07) is 1.52. The lowest BCUT2D eigenvalue weighted by atomic mass is 9.88. The van der Waals surface area contributed by atoms with E-state index in [1.54, 1.807) is 0 Å². The zero-order valence-electron chi connectivity index (χ0n) is 17.8. The zero-order chi connectivity index (χ0) is 20.0. The summed E-state index contributed by atoms with van der Waals surface area (Å²) in [7, 11) is 0. The summed E-state index contributed by atoms with van der Waals surface area (Å²) in [4.78, 5) is 0. The lowest BCUT2D eigenvalue weighted by Gasteiger charge is -2.18. The van der Waals surface area contributed by atoms with Gasteiger partial charge in [0, 0.05) is 5.56 Å². The molecule has 0 fully saturated rings. The van der Waals surface area contributed by atoms with Crippen LogP contribution in [-0.2, 0) is 12.8 Å². The Morgan fingerprint density at radius 3 is 1.69 bits per heavy atom. The average molecular weight is 365 g/mol. The number of aromatic hydroxyl groups is 3. The third-order valence-electron chi connectivity index (χ3n) is 4.91. The molecule has 0 radical (unpaired) electrons. The smallest absolute Gasteiger partial charge is 0.164 e. The van der Waals surface area contributed by atoms with Gasteiger partial charge in [-0.15, -0.1) is 0 Å². The van der Waals surface area contributed by atoms with E-state index in [2.05, 4.69) is 41.5 Å². The maximum Gasteiger partial charge on any atom is 0.164 e. The van der Waals surface area contributed by atoms with E-state index in [0.717, 1.165) is 44.1 Å². The second kappa shape index (κ2) is 9.53. The van der Waals surface area contributed by atoms with Crippen molar-refractivity contribution < 1.29 is 15.3 Å². The fourth-order valence-corrected chi connectivity index (χ4v) is 3.29. The topological polar surface area (TPSA) is 60.7 Å². The van der Waals surface area contributed by atoms with Crippen molar-refractivity contribution in [3.8, 4) is 17.2 Å². The largest absolute Gasteiger partial charge is 0.507 e. The van der Waals surface area contributed by atoms with Gasteiger partial charge in [-0.3, -0.25) is 0 Å². The monoisotopic (exact) mass is 364 g/mol. The minimum atomic E-state index is -0.158. The Labute approximate surface area is 160 Å². The van der Waals surface area contributed by atoms with Gasteiger partial charge in [0.1, 0.15) is 5.75 Å². The summed E-state index contributed by atoms with van der Waals surface area (Å²) in [6.45, 7) is 13.4. The number of unbranched alkanes of at least 4 members (excludes halogenated alkanes) is 3. The van der Waals surface area contributed by atoms with Crippen LogP contribution in [0.4, 0.5) is 0 Å². The van der Waals surface area contributed by atoms with E-state index in [4.69, 9.17) is 0 Å². The van der Waals surface area contributed by atoms with Gasteiger partial charge in [0.2, 0.25) is 0 Å². The predicted molar refractivity (Wildman–Crippen MR) is 110 cm³/mol. The number of hydrogen-bond acceptors (Lipinski definition) is 3. The molecule has 0 aliphatic heterocycles. The molecule has 26 heavy (non-hydrogen) atoms. The van der Waals surface area contributed by atoms with Crippen LogP contribution in [0.15, 0.2) is 6.07 Å². The molecule has 0 saturated heterocycles. The van der Waals surface area contributed by atoms with Crippen molar-refractivity contribution in [3.63, 3.8) is 0 Å². The van der Waals surface area contributed by atoms with E-state index in [1.807, 2.05) is 0 Å². The highest BCUT2D eigenvalue weighted by Gasteiger charge is 2.17. The van der Waals surface area contributed by atoms with Gasteiger partial charge in [0.15, 0.2) is 11.5 Å². The van der Waals surface area contributed by atoms with Crippen LogP contribution in [0.5, 0.6) is 17.2 Å². The molecule has 0 aliphatic carbocycles. The van der Waals surface area contributed by atoms with E-state index < -0.39 is 0 Å². The van der Waals surface area contributed by atoms with Crippen LogP contribution in [0.3, 0.4) is 0 Å². The minimum Gasteiger partial charge on any atom is -0.507 e. The first-order valence-corrected chi connectivity index (χ1v) is 10.2. The fraction of sp³-hybridized carbons (Fsp3) is 0.739. The van der Waals surface area contributed by atoms with Crippen molar-refractivity contribution in [1.82, 2.24) is 0 Å². The van der Waals surface area contributed by atoms with Crippen molar-refractivity contribution in [1.29, 1.82) is 0 Å². The Morgan fingerprint density at radius 1 is 0.654 bits per heavy atom. The number of benzene rings is 1. The second-order valence-electron chi connectivity index (χ2n) is 10.1. The Morgan fingerprint density at radius 2 is 1.15 bits per heavy atom. The molecule has 0 aliphatic rings. The van der Waals surface area contributed by atoms with Crippen molar-refractivity contribution >= 4 is 0 Å². The fourth-order valence-electron chi connectivity index (χ4n) is 3.29. The molecule has 0 heterocycles. The number of rotatable bonds is 9. The van der Waals surface area contributed by atoms with E-state index in [1.165, 1.54) is 18.9 Å². The van der Waals surface area contributed by atoms with E-state index in [9.17, 15) is 15.3 Å². The molecule has 1 aromatic rings. The lowest BCUT2D eigenvalue weighted by Crippen LogP contribution is -2.04. The van der Waals surface area contributed by atoms with Gasteiger partial charge in [-0.25, -0.2) is 0 Å². The average Bonchev–Trinajstić information content (AvgIpc) is 2.49. The molecule has 1 aromatic carbocycles. The van der Waals surface area contributed by atoms with E-state index in [0.29, 0.717) is 22.8 Å². The third-order valence-corrected chi connectivity index (χ3v) is 4.91. The van der Waals surface area contributed by atoms with Gasteiger partial charge in [0.05, 0.1) is 0 Å². The van der Waals surface area contributed by atoms with Gasteiger partial charge >= 0.3 is 0 Å². The maximum atomic E-state index is 10.6. The first-order chi connectivity index (χ1) is 11.9. The van der Waals surface area contributed by atoms with Gasteiger partial charge in [0.25, 0.3) is 0 Å². The van der Waals surface area contributed by atoms with Crippen molar-refractivity contribution in [2.75, 3.05) is 0 Å². The molecule has 0 aromatic heterocycles. The molecule has 150 valence electrons. The molecule has 0 atom stereocenters. The minimum absolute atomic E-state index is 0.113. The zero-order valence-corrected chi connectivity index (χ0v) is 17.8.